The first-order valence-electron chi connectivity index (χ1n) is 6.40. The minimum absolute atomic E-state index is 0.160. The predicted molar refractivity (Wildman–Crippen MR) is 67.7 cm³/mol. The number of aliphatic hydroxyl groups excluding tert-OH is 1. The van der Waals surface area contributed by atoms with Gasteiger partial charge < -0.3 is 14.9 Å². The number of hydrogen-bond donors (Lipinski definition) is 2. The fourth-order valence-electron chi connectivity index (χ4n) is 1.77. The first-order chi connectivity index (χ1) is 9.03. The average Bonchev–Trinajstić information content (AvgIpc) is 2.38. The first kappa shape index (κ1) is 16.0. The molecule has 3 nitrogen and oxygen atoms in total. The van der Waals surface area contributed by atoms with Gasteiger partial charge in [0.25, 0.3) is 0 Å². The van der Waals surface area contributed by atoms with Gasteiger partial charge in [-0.25, -0.2) is 8.78 Å². The number of ether oxygens (including phenoxy) is 1. The van der Waals surface area contributed by atoms with Crippen LogP contribution in [-0.2, 0) is 10.3 Å². The van der Waals surface area contributed by atoms with Crippen molar-refractivity contribution in [3.8, 4) is 0 Å². The zero-order valence-corrected chi connectivity index (χ0v) is 11.0. The second-order valence-corrected chi connectivity index (χ2v) is 4.57. The highest BCUT2D eigenvalue weighted by Gasteiger charge is 2.32. The first-order valence-corrected chi connectivity index (χ1v) is 6.40. The molecule has 0 saturated heterocycles. The van der Waals surface area contributed by atoms with Crippen LogP contribution in [0.2, 0.25) is 0 Å². The molecule has 1 unspecified atom stereocenters. The van der Waals surface area contributed by atoms with Crippen molar-refractivity contribution in [3.63, 3.8) is 0 Å². The molecule has 1 aromatic rings. The van der Waals surface area contributed by atoms with E-state index in [0.717, 1.165) is 31.4 Å². The van der Waals surface area contributed by atoms with E-state index < -0.39 is 23.8 Å². The minimum atomic E-state index is -1.84. The monoisotopic (exact) mass is 274 g/mol. The number of unbranched alkanes of at least 4 members (excludes halogenated alkanes) is 2. The SMILES string of the molecule is CCCCCOCC(O)(CO)c1ccc(F)cc1F. The van der Waals surface area contributed by atoms with E-state index in [2.05, 4.69) is 6.92 Å². The summed E-state index contributed by atoms with van der Waals surface area (Å²) in [5.74, 6) is -1.63. The summed E-state index contributed by atoms with van der Waals surface area (Å²) in [6.45, 7) is 1.57. The largest absolute Gasteiger partial charge is 0.393 e. The Morgan fingerprint density at radius 3 is 2.58 bits per heavy atom. The van der Waals surface area contributed by atoms with Crippen molar-refractivity contribution < 1.29 is 23.7 Å². The Morgan fingerprint density at radius 2 is 2.00 bits per heavy atom. The van der Waals surface area contributed by atoms with Crippen LogP contribution in [0.4, 0.5) is 8.78 Å². The molecule has 0 radical (unpaired) electrons. The Hall–Kier alpha value is -1.04. The maximum atomic E-state index is 13.6. The fourth-order valence-corrected chi connectivity index (χ4v) is 1.77. The Morgan fingerprint density at radius 1 is 1.26 bits per heavy atom. The van der Waals surface area contributed by atoms with E-state index in [0.29, 0.717) is 12.7 Å². The number of hydrogen-bond acceptors (Lipinski definition) is 3. The lowest BCUT2D eigenvalue weighted by atomic mass is 9.95. The third-order valence-electron chi connectivity index (χ3n) is 2.93. The average molecular weight is 274 g/mol. The molecule has 1 atom stereocenters. The summed E-state index contributed by atoms with van der Waals surface area (Å²) in [6, 6.07) is 2.83. The molecular weight excluding hydrogens is 254 g/mol. The van der Waals surface area contributed by atoms with Gasteiger partial charge in [0, 0.05) is 18.2 Å². The summed E-state index contributed by atoms with van der Waals surface area (Å²) in [6.07, 6.45) is 2.88. The Balaban J connectivity index is 2.68. The molecule has 0 aliphatic carbocycles. The molecule has 0 aromatic heterocycles. The molecule has 0 bridgehead atoms. The smallest absolute Gasteiger partial charge is 0.139 e. The van der Waals surface area contributed by atoms with Crippen molar-refractivity contribution in [2.45, 2.75) is 31.8 Å². The van der Waals surface area contributed by atoms with Crippen LogP contribution in [0.3, 0.4) is 0 Å². The van der Waals surface area contributed by atoms with Crippen LogP contribution >= 0.6 is 0 Å². The maximum absolute atomic E-state index is 13.6. The van der Waals surface area contributed by atoms with Crippen LogP contribution in [-0.4, -0.2) is 30.0 Å². The number of aliphatic hydroxyl groups is 2. The molecule has 0 aliphatic rings. The Labute approximate surface area is 111 Å². The quantitative estimate of drug-likeness (QED) is 0.715. The van der Waals surface area contributed by atoms with Crippen molar-refractivity contribution in [3.05, 3.63) is 35.4 Å². The van der Waals surface area contributed by atoms with Gasteiger partial charge in [-0.1, -0.05) is 25.8 Å². The summed E-state index contributed by atoms with van der Waals surface area (Å²) in [5.41, 5.74) is -2.00. The van der Waals surface area contributed by atoms with Crippen molar-refractivity contribution in [2.24, 2.45) is 0 Å². The normalized spacial score (nSPS) is 14.4. The summed E-state index contributed by atoms with van der Waals surface area (Å²) >= 11 is 0. The van der Waals surface area contributed by atoms with E-state index in [9.17, 15) is 19.0 Å². The van der Waals surface area contributed by atoms with Crippen LogP contribution in [0.5, 0.6) is 0 Å². The third-order valence-corrected chi connectivity index (χ3v) is 2.93. The van der Waals surface area contributed by atoms with Crippen molar-refractivity contribution in [2.75, 3.05) is 19.8 Å². The molecule has 5 heteroatoms. The highest BCUT2D eigenvalue weighted by Crippen LogP contribution is 2.24. The molecule has 19 heavy (non-hydrogen) atoms. The second kappa shape index (κ2) is 7.53. The van der Waals surface area contributed by atoms with Crippen LogP contribution in [0, 0.1) is 11.6 Å². The molecule has 0 saturated carbocycles. The summed E-state index contributed by atoms with van der Waals surface area (Å²) < 4.78 is 31.7. The van der Waals surface area contributed by atoms with Crippen LogP contribution < -0.4 is 0 Å². The molecule has 0 aliphatic heterocycles. The highest BCUT2D eigenvalue weighted by molar-refractivity contribution is 5.25. The predicted octanol–water partition coefficient (Wildman–Crippen LogP) is 2.35. The molecule has 1 rings (SSSR count). The van der Waals surface area contributed by atoms with E-state index in [1.54, 1.807) is 0 Å². The molecule has 0 fully saturated rings. The number of halogens is 2. The zero-order chi connectivity index (χ0) is 14.3. The standard InChI is InChI=1S/C14H20F2O3/c1-2-3-4-7-19-10-14(18,9-17)12-6-5-11(15)8-13(12)16/h5-6,8,17-18H,2-4,7,9-10H2,1H3. The summed E-state index contributed by atoms with van der Waals surface area (Å²) in [7, 11) is 0. The van der Waals surface area contributed by atoms with Gasteiger partial charge in [-0.3, -0.25) is 0 Å². The minimum Gasteiger partial charge on any atom is -0.393 e. The molecule has 108 valence electrons. The molecular formula is C14H20F2O3. The van der Waals surface area contributed by atoms with E-state index >= 15 is 0 Å². The molecule has 2 N–H and O–H groups in total. The van der Waals surface area contributed by atoms with Gasteiger partial charge >= 0.3 is 0 Å². The maximum Gasteiger partial charge on any atom is 0.139 e. The highest BCUT2D eigenvalue weighted by atomic mass is 19.1. The summed E-state index contributed by atoms with van der Waals surface area (Å²) in [5, 5.41) is 19.4. The van der Waals surface area contributed by atoms with Gasteiger partial charge in [-0.15, -0.1) is 0 Å². The molecule has 0 spiro atoms. The van der Waals surface area contributed by atoms with Crippen LogP contribution in [0.15, 0.2) is 18.2 Å². The number of benzene rings is 1. The lowest BCUT2D eigenvalue weighted by molar-refractivity contribution is -0.0852. The van der Waals surface area contributed by atoms with Gasteiger partial charge in [0.2, 0.25) is 0 Å². The second-order valence-electron chi connectivity index (χ2n) is 4.57. The van der Waals surface area contributed by atoms with E-state index in [1.807, 2.05) is 0 Å². The van der Waals surface area contributed by atoms with Crippen LogP contribution in [0.25, 0.3) is 0 Å². The van der Waals surface area contributed by atoms with Gasteiger partial charge in [-0.2, -0.15) is 0 Å². The molecule has 0 amide bonds. The van der Waals surface area contributed by atoms with Gasteiger partial charge in [0.05, 0.1) is 13.2 Å². The van der Waals surface area contributed by atoms with Gasteiger partial charge in [-0.05, 0) is 12.5 Å². The lowest BCUT2D eigenvalue weighted by Crippen LogP contribution is -2.37. The topological polar surface area (TPSA) is 49.7 Å². The lowest BCUT2D eigenvalue weighted by Gasteiger charge is -2.26. The summed E-state index contributed by atoms with van der Waals surface area (Å²) in [4.78, 5) is 0. The fraction of sp³-hybridized carbons (Fsp3) is 0.571. The van der Waals surface area contributed by atoms with Crippen molar-refractivity contribution in [1.29, 1.82) is 0 Å². The van der Waals surface area contributed by atoms with Crippen molar-refractivity contribution >= 4 is 0 Å². The molecule has 0 heterocycles. The van der Waals surface area contributed by atoms with Crippen molar-refractivity contribution in [1.82, 2.24) is 0 Å². The van der Waals surface area contributed by atoms with Gasteiger partial charge in [0.15, 0.2) is 0 Å². The Kier molecular flexibility index (Phi) is 6.34. The number of rotatable bonds is 8. The Bertz CT molecular complexity index is 398. The third kappa shape index (κ3) is 4.53. The van der Waals surface area contributed by atoms with Crippen LogP contribution in [0.1, 0.15) is 31.7 Å². The van der Waals surface area contributed by atoms with E-state index in [-0.39, 0.29) is 12.2 Å². The zero-order valence-electron chi connectivity index (χ0n) is 11.0. The van der Waals surface area contributed by atoms with E-state index in [1.165, 1.54) is 0 Å². The van der Waals surface area contributed by atoms with Gasteiger partial charge in [0.1, 0.15) is 17.2 Å². The molecule has 1 aromatic carbocycles. The van der Waals surface area contributed by atoms with E-state index in [4.69, 9.17) is 4.74 Å².